The first-order valence-electron chi connectivity index (χ1n) is 7.03. The molecule has 2 aromatic carbocycles. The fraction of sp³-hybridized carbons (Fsp3) is 0.125. The van der Waals surface area contributed by atoms with E-state index in [1.165, 1.54) is 43.1 Å². The molecule has 0 bridgehead atoms. The molecule has 8 nitrogen and oxygen atoms in total. The van der Waals surface area contributed by atoms with Gasteiger partial charge >= 0.3 is 0 Å². The van der Waals surface area contributed by atoms with Gasteiger partial charge in [-0.1, -0.05) is 0 Å². The summed E-state index contributed by atoms with van der Waals surface area (Å²) in [5, 5.41) is 10.6. The van der Waals surface area contributed by atoms with Crippen molar-refractivity contribution in [1.29, 1.82) is 0 Å². The molecule has 2 rings (SSSR count). The topological polar surface area (TPSA) is 111 Å². The summed E-state index contributed by atoms with van der Waals surface area (Å²) in [7, 11) is 1.45. The maximum atomic E-state index is 12.2. The maximum Gasteiger partial charge on any atom is 0.273 e. The molecule has 9 heteroatoms. The second-order valence-electron chi connectivity index (χ2n) is 4.78. The Morgan fingerprint density at radius 1 is 1.08 bits per heavy atom. The van der Waals surface area contributed by atoms with Crippen LogP contribution in [0.1, 0.15) is 20.7 Å². The Hall–Kier alpha value is -3.07. The van der Waals surface area contributed by atoms with Crippen LogP contribution in [0.4, 0.5) is 5.69 Å². The summed E-state index contributed by atoms with van der Waals surface area (Å²) in [5.41, 5.74) is 4.86. The minimum Gasteiger partial charge on any atom is -0.496 e. The quantitative estimate of drug-likeness (QED) is 0.481. The van der Waals surface area contributed by atoms with Crippen LogP contribution in [0.5, 0.6) is 5.75 Å². The molecule has 0 spiro atoms. The molecule has 0 radical (unpaired) electrons. The molecule has 130 valence electrons. The van der Waals surface area contributed by atoms with Gasteiger partial charge in [0, 0.05) is 22.6 Å². The molecule has 0 fully saturated rings. The van der Waals surface area contributed by atoms with Crippen LogP contribution < -0.4 is 15.6 Å². The Morgan fingerprint density at radius 2 is 1.72 bits per heavy atom. The first-order valence-corrected chi connectivity index (χ1v) is 8.26. The summed E-state index contributed by atoms with van der Waals surface area (Å²) in [6.07, 6.45) is 1.90. The smallest absolute Gasteiger partial charge is 0.273 e. The largest absolute Gasteiger partial charge is 0.496 e. The van der Waals surface area contributed by atoms with Gasteiger partial charge in [0.05, 0.1) is 17.6 Å². The number of hydrogen-bond acceptors (Lipinski definition) is 6. The normalized spacial score (nSPS) is 10.0. The molecule has 0 saturated carbocycles. The summed E-state index contributed by atoms with van der Waals surface area (Å²) in [6.45, 7) is 0. The third kappa shape index (κ3) is 4.48. The number of rotatable bonds is 5. The monoisotopic (exact) mass is 361 g/mol. The number of thioether (sulfide) groups is 1. The maximum absolute atomic E-state index is 12.2. The van der Waals surface area contributed by atoms with E-state index in [0.29, 0.717) is 5.75 Å². The number of benzene rings is 2. The molecule has 0 unspecified atom stereocenters. The van der Waals surface area contributed by atoms with Gasteiger partial charge in [-0.05, 0) is 36.6 Å². The summed E-state index contributed by atoms with van der Waals surface area (Å²) in [4.78, 5) is 35.2. The van der Waals surface area contributed by atoms with Gasteiger partial charge in [0.15, 0.2) is 0 Å². The lowest BCUT2D eigenvalue weighted by Crippen LogP contribution is -2.41. The third-order valence-electron chi connectivity index (χ3n) is 3.28. The SMILES string of the molecule is COc1cc(SC)ccc1C(=O)NNC(=O)c1ccc([N+](=O)[O-])cc1. The van der Waals surface area contributed by atoms with E-state index in [-0.39, 0.29) is 16.8 Å². The van der Waals surface area contributed by atoms with Gasteiger partial charge in [-0.15, -0.1) is 11.8 Å². The van der Waals surface area contributed by atoms with E-state index in [4.69, 9.17) is 4.74 Å². The average molecular weight is 361 g/mol. The van der Waals surface area contributed by atoms with Crippen molar-refractivity contribution in [3.05, 3.63) is 63.7 Å². The average Bonchev–Trinajstić information content (AvgIpc) is 2.65. The van der Waals surface area contributed by atoms with Crippen LogP contribution in [0, 0.1) is 10.1 Å². The Labute approximate surface area is 147 Å². The molecule has 2 aromatic rings. The molecule has 0 aromatic heterocycles. The van der Waals surface area contributed by atoms with Gasteiger partial charge < -0.3 is 4.74 Å². The first-order chi connectivity index (χ1) is 12.0. The molecular weight excluding hydrogens is 346 g/mol. The molecule has 2 amide bonds. The van der Waals surface area contributed by atoms with E-state index in [0.717, 1.165) is 4.90 Å². The Balaban J connectivity index is 2.04. The molecule has 0 aliphatic carbocycles. The van der Waals surface area contributed by atoms with E-state index < -0.39 is 16.7 Å². The molecule has 0 heterocycles. The van der Waals surface area contributed by atoms with Gasteiger partial charge in [0.25, 0.3) is 17.5 Å². The molecule has 0 aliphatic rings. The van der Waals surface area contributed by atoms with Crippen molar-refractivity contribution in [2.45, 2.75) is 4.90 Å². The number of non-ortho nitro benzene ring substituents is 1. The van der Waals surface area contributed by atoms with Crippen molar-refractivity contribution in [2.75, 3.05) is 13.4 Å². The van der Waals surface area contributed by atoms with E-state index >= 15 is 0 Å². The van der Waals surface area contributed by atoms with Crippen molar-refractivity contribution in [3.63, 3.8) is 0 Å². The highest BCUT2D eigenvalue weighted by Crippen LogP contribution is 2.25. The van der Waals surface area contributed by atoms with E-state index in [1.807, 2.05) is 6.26 Å². The molecule has 0 atom stereocenters. The number of ether oxygens (including phenoxy) is 1. The second kappa shape index (κ2) is 8.15. The number of methoxy groups -OCH3 is 1. The number of nitrogens with one attached hydrogen (secondary N) is 2. The lowest BCUT2D eigenvalue weighted by molar-refractivity contribution is -0.384. The van der Waals surface area contributed by atoms with Crippen LogP contribution in [0.25, 0.3) is 0 Å². The molecule has 25 heavy (non-hydrogen) atoms. The first kappa shape index (κ1) is 18.3. The summed E-state index contributed by atoms with van der Waals surface area (Å²) in [6, 6.07) is 10.1. The molecular formula is C16H15N3O5S. The fourth-order valence-electron chi connectivity index (χ4n) is 1.97. The molecule has 0 saturated heterocycles. The lowest BCUT2D eigenvalue weighted by Gasteiger charge is -2.11. The highest BCUT2D eigenvalue weighted by molar-refractivity contribution is 7.98. The Kier molecular flexibility index (Phi) is 5.96. The number of carbonyl (C=O) groups excluding carboxylic acids is 2. The number of amides is 2. The van der Waals surface area contributed by atoms with E-state index in [9.17, 15) is 19.7 Å². The van der Waals surface area contributed by atoms with Gasteiger partial charge in [-0.3, -0.25) is 30.6 Å². The number of carbonyl (C=O) groups is 2. The van der Waals surface area contributed by atoms with Crippen molar-refractivity contribution < 1.29 is 19.2 Å². The predicted molar refractivity (Wildman–Crippen MR) is 92.8 cm³/mol. The zero-order valence-electron chi connectivity index (χ0n) is 13.4. The minimum absolute atomic E-state index is 0.126. The van der Waals surface area contributed by atoms with Crippen LogP contribution >= 0.6 is 11.8 Å². The van der Waals surface area contributed by atoms with Gasteiger partial charge in [-0.25, -0.2) is 0 Å². The number of nitro benzene ring substituents is 1. The van der Waals surface area contributed by atoms with Crippen LogP contribution in [-0.4, -0.2) is 30.1 Å². The van der Waals surface area contributed by atoms with Crippen molar-refractivity contribution in [1.82, 2.24) is 10.9 Å². The van der Waals surface area contributed by atoms with Gasteiger partial charge in [-0.2, -0.15) is 0 Å². The Morgan fingerprint density at radius 3 is 2.28 bits per heavy atom. The van der Waals surface area contributed by atoms with E-state index in [2.05, 4.69) is 10.9 Å². The highest BCUT2D eigenvalue weighted by Gasteiger charge is 2.15. The van der Waals surface area contributed by atoms with Crippen molar-refractivity contribution in [2.24, 2.45) is 0 Å². The zero-order chi connectivity index (χ0) is 18.4. The third-order valence-corrected chi connectivity index (χ3v) is 4.01. The van der Waals surface area contributed by atoms with E-state index in [1.54, 1.807) is 18.2 Å². The number of nitrogens with zero attached hydrogens (tertiary/aromatic N) is 1. The highest BCUT2D eigenvalue weighted by atomic mass is 32.2. The number of hydrazine groups is 1. The number of hydrogen-bond donors (Lipinski definition) is 2. The molecule has 0 aliphatic heterocycles. The van der Waals surface area contributed by atoms with Crippen molar-refractivity contribution in [3.8, 4) is 5.75 Å². The lowest BCUT2D eigenvalue weighted by atomic mass is 10.2. The minimum atomic E-state index is -0.594. The van der Waals surface area contributed by atoms with Crippen LogP contribution in [0.2, 0.25) is 0 Å². The summed E-state index contributed by atoms with van der Waals surface area (Å²) >= 11 is 1.51. The summed E-state index contributed by atoms with van der Waals surface area (Å²) < 4.78 is 5.19. The van der Waals surface area contributed by atoms with Crippen LogP contribution in [0.15, 0.2) is 47.4 Å². The predicted octanol–water partition coefficient (Wildman–Crippen LogP) is 2.40. The van der Waals surface area contributed by atoms with Crippen molar-refractivity contribution >= 4 is 29.3 Å². The van der Waals surface area contributed by atoms with Crippen LogP contribution in [0.3, 0.4) is 0 Å². The standard InChI is InChI=1S/C16H15N3O5S/c1-24-14-9-12(25-2)7-8-13(14)16(21)18-17-15(20)10-3-5-11(6-4-10)19(22)23/h3-9H,1-2H3,(H,17,20)(H,18,21). The number of nitro groups is 1. The molecule has 2 N–H and O–H groups in total. The zero-order valence-corrected chi connectivity index (χ0v) is 14.3. The fourth-order valence-corrected chi connectivity index (χ4v) is 2.40. The van der Waals surface area contributed by atoms with Crippen LogP contribution in [-0.2, 0) is 0 Å². The van der Waals surface area contributed by atoms with Gasteiger partial charge in [0.2, 0.25) is 0 Å². The second-order valence-corrected chi connectivity index (χ2v) is 5.66. The Bertz CT molecular complexity index is 808. The summed E-state index contributed by atoms with van der Waals surface area (Å²) in [5.74, 6) is -0.753. The van der Waals surface area contributed by atoms with Gasteiger partial charge in [0.1, 0.15) is 5.75 Å².